The Hall–Kier alpha value is -1.04. The smallest absolute Gasteiger partial charge is 0.303 e. The second-order valence-electron chi connectivity index (χ2n) is 5.31. The van der Waals surface area contributed by atoms with E-state index in [9.17, 15) is 4.79 Å². The van der Waals surface area contributed by atoms with Crippen LogP contribution in [-0.2, 0) is 9.53 Å². The van der Waals surface area contributed by atoms with Gasteiger partial charge in [-0.2, -0.15) is 0 Å². The Bertz CT molecular complexity index is 465. The van der Waals surface area contributed by atoms with Crippen LogP contribution in [0.15, 0.2) is 18.2 Å². The number of benzene rings is 1. The topological polar surface area (TPSA) is 55.8 Å². The van der Waals surface area contributed by atoms with E-state index in [1.54, 1.807) is 12.1 Å². The first-order chi connectivity index (χ1) is 9.90. The number of aliphatic carboxylic acids is 1. The van der Waals surface area contributed by atoms with Gasteiger partial charge in [0.1, 0.15) is 5.75 Å². The summed E-state index contributed by atoms with van der Waals surface area (Å²) < 4.78 is 10.9. The molecule has 1 atom stereocenters. The monoisotopic (exact) mass is 329 g/mol. The third-order valence-corrected chi connectivity index (χ3v) is 4.57. The van der Waals surface area contributed by atoms with Gasteiger partial charge in [0.25, 0.3) is 0 Å². The van der Waals surface area contributed by atoms with Crippen molar-refractivity contribution in [1.82, 2.24) is 0 Å². The average Bonchev–Trinajstić information content (AvgIpc) is 2.37. The molecule has 0 fully saturated rings. The molecule has 117 valence electrons. The maximum Gasteiger partial charge on any atom is 0.303 e. The molecule has 1 aromatic rings. The molecule has 0 saturated heterocycles. The molecule has 0 aliphatic heterocycles. The Kier molecular flexibility index (Phi) is 7.78. The average molecular weight is 330 g/mol. The molecule has 0 aliphatic rings. The molecule has 0 heterocycles. The number of carboxylic acid groups (broad SMARTS) is 1. The molecule has 1 rings (SSSR count). The highest BCUT2D eigenvalue weighted by Gasteiger charge is 2.14. The Balaban J connectivity index is 2.48. The lowest BCUT2D eigenvalue weighted by Gasteiger charge is -2.13. The van der Waals surface area contributed by atoms with Crippen molar-refractivity contribution < 1.29 is 19.4 Å². The van der Waals surface area contributed by atoms with E-state index in [1.807, 2.05) is 13.0 Å². The fourth-order valence-electron chi connectivity index (χ4n) is 1.81. The van der Waals surface area contributed by atoms with Crippen molar-refractivity contribution >= 4 is 26.4 Å². The lowest BCUT2D eigenvalue weighted by molar-refractivity contribution is -0.137. The van der Waals surface area contributed by atoms with Crippen molar-refractivity contribution in [3.63, 3.8) is 0 Å². The molecule has 0 saturated carbocycles. The van der Waals surface area contributed by atoms with Gasteiger partial charge in [-0.3, -0.25) is 4.79 Å². The fraction of sp³-hybridized carbons (Fsp3) is 0.533. The number of carbonyl (C=O) groups is 1. The molecule has 0 spiro atoms. The summed E-state index contributed by atoms with van der Waals surface area (Å²) in [7, 11) is -0.260. The molecule has 1 aromatic carbocycles. The molecule has 0 aromatic heterocycles. The van der Waals surface area contributed by atoms with E-state index in [0.29, 0.717) is 17.4 Å². The third kappa shape index (κ3) is 6.97. The van der Waals surface area contributed by atoms with Crippen molar-refractivity contribution in [3.05, 3.63) is 28.8 Å². The molecule has 0 aliphatic carbocycles. The largest absolute Gasteiger partial charge is 0.481 e. The minimum absolute atomic E-state index is 0.0566. The van der Waals surface area contributed by atoms with Crippen molar-refractivity contribution in [1.29, 1.82) is 0 Å². The highest BCUT2D eigenvalue weighted by Crippen LogP contribution is 2.30. The highest BCUT2D eigenvalue weighted by atomic mass is 35.5. The summed E-state index contributed by atoms with van der Waals surface area (Å²) in [5.41, 5.74) is 0.816. The van der Waals surface area contributed by atoms with Gasteiger partial charge in [-0.25, -0.2) is 0 Å². The van der Waals surface area contributed by atoms with E-state index >= 15 is 0 Å². The van der Waals surface area contributed by atoms with E-state index in [-0.39, 0.29) is 27.9 Å². The van der Waals surface area contributed by atoms with Crippen LogP contribution in [0.25, 0.3) is 0 Å². The number of carboxylic acids is 1. The normalized spacial score (nSPS) is 12.4. The minimum atomic E-state index is -0.833. The van der Waals surface area contributed by atoms with Crippen molar-refractivity contribution in [2.24, 2.45) is 0 Å². The minimum Gasteiger partial charge on any atom is -0.481 e. The first-order valence-corrected chi connectivity index (χ1v) is 9.99. The Morgan fingerprint density at radius 2 is 2.14 bits per heavy atom. The van der Waals surface area contributed by atoms with E-state index in [2.05, 4.69) is 13.1 Å². The van der Waals surface area contributed by atoms with Crippen LogP contribution < -0.4 is 4.74 Å². The Labute approximate surface area is 132 Å². The first kappa shape index (κ1) is 18.0. The van der Waals surface area contributed by atoms with E-state index in [4.69, 9.17) is 26.2 Å². The number of hydrogen-bond acceptors (Lipinski definition) is 3. The predicted molar refractivity (Wildman–Crippen MR) is 85.9 cm³/mol. The second-order valence-corrected chi connectivity index (χ2v) is 8.63. The van der Waals surface area contributed by atoms with Crippen LogP contribution >= 0.6 is 11.6 Å². The zero-order valence-corrected chi connectivity index (χ0v) is 14.4. The van der Waals surface area contributed by atoms with Gasteiger partial charge in [-0.1, -0.05) is 37.7 Å². The van der Waals surface area contributed by atoms with E-state index < -0.39 is 5.97 Å². The van der Waals surface area contributed by atoms with Gasteiger partial charge in [-0.15, -0.1) is 0 Å². The first-order valence-electron chi connectivity index (χ1n) is 6.91. The molecular weight excluding hydrogens is 308 g/mol. The molecule has 0 amide bonds. The Morgan fingerprint density at radius 1 is 1.43 bits per heavy atom. The van der Waals surface area contributed by atoms with Crippen LogP contribution in [0.3, 0.4) is 0 Å². The second kappa shape index (κ2) is 9.07. The molecule has 4 nitrogen and oxygen atoms in total. The summed E-state index contributed by atoms with van der Waals surface area (Å²) in [6.45, 7) is 7.24. The molecule has 0 bridgehead atoms. The summed E-state index contributed by atoms with van der Waals surface area (Å²) in [5, 5.41) is 9.34. The van der Waals surface area contributed by atoms with Crippen LogP contribution in [0.5, 0.6) is 5.75 Å². The molecule has 6 heteroatoms. The summed E-state index contributed by atoms with van der Waals surface area (Å²) in [5.74, 6) is -0.333. The number of hydrogen-bond donors (Lipinski definition) is 1. The van der Waals surface area contributed by atoms with Crippen LogP contribution in [0, 0.1) is 0 Å². The lowest BCUT2D eigenvalue weighted by atomic mass is 9.98. The maximum atomic E-state index is 10.7. The standard InChI is InChI=1S/C15H22ClO4Si/c1-11(8-15(17)18)13-5-4-12(9-14(13)16)20-10-19-6-7-21(2)3/h4-5,9,11H,6-8,10H2,1-3H3,(H,17,18). The molecule has 1 radical (unpaired) electrons. The van der Waals surface area contributed by atoms with Crippen LogP contribution in [0.1, 0.15) is 24.8 Å². The van der Waals surface area contributed by atoms with E-state index in [1.165, 1.54) is 0 Å². The van der Waals surface area contributed by atoms with Gasteiger partial charge >= 0.3 is 5.97 Å². The zero-order chi connectivity index (χ0) is 15.8. The zero-order valence-electron chi connectivity index (χ0n) is 12.7. The number of halogens is 1. The summed E-state index contributed by atoms with van der Waals surface area (Å²) in [6, 6.07) is 6.40. The predicted octanol–water partition coefficient (Wildman–Crippen LogP) is 4.03. The van der Waals surface area contributed by atoms with Crippen molar-refractivity contribution in [2.45, 2.75) is 38.4 Å². The van der Waals surface area contributed by atoms with E-state index in [0.717, 1.165) is 11.6 Å². The molecule has 1 unspecified atom stereocenters. The summed E-state index contributed by atoms with van der Waals surface area (Å²) in [4.78, 5) is 10.7. The third-order valence-electron chi connectivity index (χ3n) is 3.04. The number of ether oxygens (including phenoxy) is 2. The Morgan fingerprint density at radius 3 is 2.71 bits per heavy atom. The molecular formula is C15H22ClO4Si. The van der Waals surface area contributed by atoms with Gasteiger partial charge in [-0.05, 0) is 29.7 Å². The maximum absolute atomic E-state index is 10.7. The van der Waals surface area contributed by atoms with Crippen LogP contribution in [-0.4, -0.2) is 33.3 Å². The highest BCUT2D eigenvalue weighted by molar-refractivity contribution is 6.55. The molecule has 1 N–H and O–H groups in total. The molecule has 21 heavy (non-hydrogen) atoms. The summed E-state index contributed by atoms with van der Waals surface area (Å²) in [6.07, 6.45) is 0.0566. The lowest BCUT2D eigenvalue weighted by Crippen LogP contribution is -2.09. The van der Waals surface area contributed by atoms with Crippen molar-refractivity contribution in [2.75, 3.05) is 13.4 Å². The SMILES string of the molecule is CC(CC(=O)O)c1ccc(OCOCC[Si](C)C)cc1Cl. The quantitative estimate of drug-likeness (QED) is 0.422. The van der Waals surface area contributed by atoms with Gasteiger partial charge in [0, 0.05) is 20.4 Å². The van der Waals surface area contributed by atoms with Gasteiger partial charge in [0.05, 0.1) is 6.42 Å². The van der Waals surface area contributed by atoms with Gasteiger partial charge in [0.2, 0.25) is 0 Å². The van der Waals surface area contributed by atoms with Gasteiger partial charge in [0.15, 0.2) is 6.79 Å². The van der Waals surface area contributed by atoms with Crippen LogP contribution in [0.4, 0.5) is 0 Å². The van der Waals surface area contributed by atoms with Crippen molar-refractivity contribution in [3.8, 4) is 5.75 Å². The van der Waals surface area contributed by atoms with Crippen LogP contribution in [0.2, 0.25) is 24.2 Å². The number of rotatable bonds is 9. The fourth-order valence-corrected chi connectivity index (χ4v) is 2.72. The van der Waals surface area contributed by atoms with Gasteiger partial charge < -0.3 is 14.6 Å². The summed E-state index contributed by atoms with van der Waals surface area (Å²) >= 11 is 6.18.